The van der Waals surface area contributed by atoms with E-state index in [2.05, 4.69) is 60.2 Å². The van der Waals surface area contributed by atoms with Crippen LogP contribution in [-0.2, 0) is 15.7 Å². The Morgan fingerprint density at radius 3 is 2.64 bits per heavy atom. The summed E-state index contributed by atoms with van der Waals surface area (Å²) in [4.78, 5) is 38.3. The van der Waals surface area contributed by atoms with Crippen molar-refractivity contribution in [3.63, 3.8) is 0 Å². The molecule has 1 saturated carbocycles. The molecule has 1 saturated heterocycles. The summed E-state index contributed by atoms with van der Waals surface area (Å²) in [5, 5.41) is 19.1. The lowest BCUT2D eigenvalue weighted by atomic mass is 9.97. The molecule has 1 aliphatic heterocycles. The molecule has 6 rings (SSSR count). The van der Waals surface area contributed by atoms with E-state index >= 15 is 0 Å². The van der Waals surface area contributed by atoms with Gasteiger partial charge in [-0.2, -0.15) is 10.1 Å². The predicted molar refractivity (Wildman–Crippen MR) is 167 cm³/mol. The second-order valence-corrected chi connectivity index (χ2v) is 13.0. The van der Waals surface area contributed by atoms with Crippen LogP contribution in [0.4, 0.5) is 5.82 Å². The van der Waals surface area contributed by atoms with Crippen LogP contribution >= 0.6 is 0 Å². The van der Waals surface area contributed by atoms with Crippen molar-refractivity contribution < 1.29 is 14.1 Å². The van der Waals surface area contributed by atoms with Gasteiger partial charge in [-0.1, -0.05) is 56.3 Å². The Hall–Kier alpha value is -4.58. The number of nitrogens with zero attached hydrogens (tertiary/aromatic N) is 6. The minimum atomic E-state index is -0.443. The SMILES string of the molecule is CN(C)C/C=C/C(=O)N1CC[C@@H](Nc2n[nH]c3nccc(-c4ccc(C5(NC(=O)c6noc(C(C)(C)C)n6)CC5)cc4)c23)C1. The monoisotopic (exact) mass is 597 g/mol. The molecule has 2 aliphatic rings. The fourth-order valence-electron chi connectivity index (χ4n) is 5.51. The lowest BCUT2D eigenvalue weighted by molar-refractivity contribution is -0.125. The molecule has 230 valence electrons. The van der Waals surface area contributed by atoms with Crippen molar-refractivity contribution in [1.82, 2.24) is 40.4 Å². The number of hydrogen-bond donors (Lipinski definition) is 3. The van der Waals surface area contributed by atoms with E-state index in [0.717, 1.165) is 53.7 Å². The zero-order valence-electron chi connectivity index (χ0n) is 25.8. The van der Waals surface area contributed by atoms with E-state index in [-0.39, 0.29) is 29.1 Å². The van der Waals surface area contributed by atoms with Crippen LogP contribution in [0.25, 0.3) is 22.2 Å². The Morgan fingerprint density at radius 1 is 1.18 bits per heavy atom. The number of aromatic amines is 1. The highest BCUT2D eigenvalue weighted by atomic mass is 16.5. The van der Waals surface area contributed by atoms with Crippen molar-refractivity contribution in [2.75, 3.05) is 39.0 Å². The number of amides is 2. The van der Waals surface area contributed by atoms with Crippen LogP contribution in [0.5, 0.6) is 0 Å². The van der Waals surface area contributed by atoms with Gasteiger partial charge >= 0.3 is 0 Å². The maximum absolute atomic E-state index is 13.0. The van der Waals surface area contributed by atoms with Crippen LogP contribution in [0, 0.1) is 0 Å². The van der Waals surface area contributed by atoms with E-state index in [1.807, 2.05) is 56.8 Å². The highest BCUT2D eigenvalue weighted by molar-refractivity contribution is 6.00. The molecule has 1 atom stereocenters. The molecule has 44 heavy (non-hydrogen) atoms. The second-order valence-electron chi connectivity index (χ2n) is 13.0. The van der Waals surface area contributed by atoms with Gasteiger partial charge in [0, 0.05) is 43.4 Å². The molecule has 1 aromatic carbocycles. The first-order chi connectivity index (χ1) is 21.0. The first-order valence-corrected chi connectivity index (χ1v) is 15.0. The van der Waals surface area contributed by atoms with Gasteiger partial charge in [0.05, 0.1) is 10.9 Å². The van der Waals surface area contributed by atoms with Gasteiger partial charge in [-0.25, -0.2) is 4.98 Å². The maximum Gasteiger partial charge on any atom is 0.293 e. The fraction of sp³-hybridized carbons (Fsp3) is 0.438. The molecular weight excluding hydrogens is 558 g/mol. The zero-order valence-corrected chi connectivity index (χ0v) is 25.8. The lowest BCUT2D eigenvalue weighted by Crippen LogP contribution is -2.35. The Balaban J connectivity index is 1.16. The number of benzene rings is 1. The summed E-state index contributed by atoms with van der Waals surface area (Å²) in [6, 6.07) is 10.3. The van der Waals surface area contributed by atoms with E-state index in [1.54, 1.807) is 12.3 Å². The Labute approximate surface area is 256 Å². The first kappa shape index (κ1) is 29.5. The van der Waals surface area contributed by atoms with Gasteiger partial charge < -0.3 is 25.0 Å². The summed E-state index contributed by atoms with van der Waals surface area (Å²) < 4.78 is 5.31. The predicted octanol–water partition coefficient (Wildman–Crippen LogP) is 3.86. The summed E-state index contributed by atoms with van der Waals surface area (Å²) in [5.74, 6) is 0.887. The molecule has 12 heteroatoms. The molecule has 0 unspecified atom stereocenters. The van der Waals surface area contributed by atoms with Crippen molar-refractivity contribution in [1.29, 1.82) is 0 Å². The van der Waals surface area contributed by atoms with Crippen LogP contribution in [0.1, 0.15) is 62.1 Å². The van der Waals surface area contributed by atoms with Crippen molar-refractivity contribution in [3.8, 4) is 11.1 Å². The Bertz CT molecular complexity index is 1690. The van der Waals surface area contributed by atoms with E-state index < -0.39 is 5.54 Å². The second kappa shape index (κ2) is 11.5. The van der Waals surface area contributed by atoms with Crippen molar-refractivity contribution in [2.24, 2.45) is 0 Å². The Kier molecular flexibility index (Phi) is 7.70. The molecule has 2 amide bonds. The molecule has 1 aliphatic carbocycles. The molecule has 0 radical (unpaired) electrons. The van der Waals surface area contributed by atoms with Crippen LogP contribution in [0.3, 0.4) is 0 Å². The number of aromatic nitrogens is 5. The number of carbonyl (C=O) groups excluding carboxylic acids is 2. The third kappa shape index (κ3) is 6.07. The number of pyridine rings is 1. The lowest BCUT2D eigenvalue weighted by Gasteiger charge is -2.18. The van der Waals surface area contributed by atoms with E-state index in [4.69, 9.17) is 4.52 Å². The number of anilines is 1. The number of nitrogens with one attached hydrogen (secondary N) is 3. The third-order valence-electron chi connectivity index (χ3n) is 8.16. The molecular formula is C32H39N9O3. The van der Waals surface area contributed by atoms with Gasteiger partial charge in [-0.15, -0.1) is 0 Å². The van der Waals surface area contributed by atoms with Crippen LogP contribution in [0.15, 0.2) is 53.2 Å². The summed E-state index contributed by atoms with van der Waals surface area (Å²) >= 11 is 0. The average Bonchev–Trinajstić information content (AvgIpc) is 3.36. The smallest absolute Gasteiger partial charge is 0.293 e. The average molecular weight is 598 g/mol. The van der Waals surface area contributed by atoms with Gasteiger partial charge in [0.2, 0.25) is 11.8 Å². The number of rotatable bonds is 9. The molecule has 0 bridgehead atoms. The van der Waals surface area contributed by atoms with Gasteiger partial charge in [0.15, 0.2) is 11.5 Å². The Morgan fingerprint density at radius 2 is 1.95 bits per heavy atom. The van der Waals surface area contributed by atoms with Crippen LogP contribution < -0.4 is 10.6 Å². The molecule has 0 spiro atoms. The number of H-pyrrole nitrogens is 1. The number of carbonyl (C=O) groups is 2. The van der Waals surface area contributed by atoms with Crippen LogP contribution in [0.2, 0.25) is 0 Å². The largest absolute Gasteiger partial charge is 0.363 e. The van der Waals surface area contributed by atoms with Crippen LogP contribution in [-0.4, -0.2) is 86.7 Å². The van der Waals surface area contributed by atoms with E-state index in [1.165, 1.54) is 0 Å². The number of likely N-dealkylation sites (N-methyl/N-ethyl adjacent to an activating group) is 1. The topological polar surface area (TPSA) is 145 Å². The third-order valence-corrected chi connectivity index (χ3v) is 8.16. The van der Waals surface area contributed by atoms with Gasteiger partial charge in [0.25, 0.3) is 11.7 Å². The van der Waals surface area contributed by atoms with Crippen molar-refractivity contribution in [2.45, 2.75) is 57.0 Å². The fourth-order valence-corrected chi connectivity index (χ4v) is 5.51. The number of likely N-dealkylation sites (tertiary alicyclic amines) is 1. The highest BCUT2D eigenvalue weighted by Crippen LogP contribution is 2.46. The number of hydrogen-bond acceptors (Lipinski definition) is 9. The van der Waals surface area contributed by atoms with E-state index in [0.29, 0.717) is 24.6 Å². The quantitative estimate of drug-likeness (QED) is 0.245. The number of fused-ring (bicyclic) bond motifs is 1. The van der Waals surface area contributed by atoms with Gasteiger partial charge in [0.1, 0.15) is 0 Å². The minimum absolute atomic E-state index is 0.0297. The molecule has 3 aromatic heterocycles. The van der Waals surface area contributed by atoms with Gasteiger partial charge in [-0.05, 0) is 56.1 Å². The van der Waals surface area contributed by atoms with Gasteiger partial charge in [-0.3, -0.25) is 14.7 Å². The molecule has 4 heterocycles. The zero-order chi connectivity index (χ0) is 31.1. The minimum Gasteiger partial charge on any atom is -0.363 e. The summed E-state index contributed by atoms with van der Waals surface area (Å²) in [5.41, 5.74) is 2.94. The summed E-state index contributed by atoms with van der Waals surface area (Å²) in [6.07, 6.45) is 7.82. The van der Waals surface area contributed by atoms with Crippen molar-refractivity contribution in [3.05, 3.63) is 66.0 Å². The molecule has 3 N–H and O–H groups in total. The highest BCUT2D eigenvalue weighted by Gasteiger charge is 2.46. The summed E-state index contributed by atoms with van der Waals surface area (Å²) in [6.45, 7) is 7.92. The molecule has 2 fully saturated rings. The maximum atomic E-state index is 13.0. The summed E-state index contributed by atoms with van der Waals surface area (Å²) in [7, 11) is 3.95. The molecule has 12 nitrogen and oxygen atoms in total. The van der Waals surface area contributed by atoms with E-state index in [9.17, 15) is 9.59 Å². The standard InChI is InChI=1S/C32H39N9O3/c1-31(2,3)30-35-28(39-44-30)29(43)36-32(14-15-32)21-10-8-20(9-11-21)23-12-16-33-26-25(23)27(38-37-26)34-22-13-18-41(19-22)24(42)7-6-17-40(4)5/h6-12,16,22H,13-15,17-19H2,1-5H3,(H,36,43)(H2,33,34,37,38)/b7-6+/t22-/m1/s1. The molecule has 4 aromatic rings. The normalized spacial score (nSPS) is 18.0. The first-order valence-electron chi connectivity index (χ1n) is 15.0. The van der Waals surface area contributed by atoms with Crippen molar-refractivity contribution >= 4 is 28.7 Å².